The van der Waals surface area contributed by atoms with Crippen LogP contribution in [0.2, 0.25) is 0 Å². The van der Waals surface area contributed by atoms with Crippen LogP contribution in [0.25, 0.3) is 0 Å². The second-order valence-electron chi connectivity index (χ2n) is 6.62. The van der Waals surface area contributed by atoms with E-state index in [0.29, 0.717) is 12.8 Å². The molecule has 2 heterocycles. The molecule has 0 saturated carbocycles. The van der Waals surface area contributed by atoms with E-state index in [2.05, 4.69) is 24.3 Å². The summed E-state index contributed by atoms with van der Waals surface area (Å²) in [7, 11) is 0. The Morgan fingerprint density at radius 1 is 0.679 bits per heavy atom. The molecular weight excluding hydrogens is 384 g/mol. The van der Waals surface area contributed by atoms with E-state index in [1.165, 1.54) is 23.5 Å². The van der Waals surface area contributed by atoms with Gasteiger partial charge in [-0.3, -0.25) is 0 Å². The summed E-state index contributed by atoms with van der Waals surface area (Å²) in [5.41, 5.74) is 2.15. The highest BCUT2D eigenvalue weighted by Gasteiger charge is 2.50. The fourth-order valence-corrected chi connectivity index (χ4v) is 6.33. The van der Waals surface area contributed by atoms with E-state index in [1.807, 2.05) is 48.5 Å². The molecule has 0 spiro atoms. The summed E-state index contributed by atoms with van der Waals surface area (Å²) in [6, 6.07) is 24.1. The van der Waals surface area contributed by atoms with Gasteiger partial charge in [0.05, 0.1) is 35.4 Å². The van der Waals surface area contributed by atoms with Crippen molar-refractivity contribution in [2.75, 3.05) is 0 Å². The molecule has 0 amide bonds. The molecule has 0 bridgehead atoms. The maximum atomic E-state index is 10.1. The molecule has 2 aliphatic heterocycles. The van der Waals surface area contributed by atoms with E-state index in [9.17, 15) is 21.0 Å². The Balaban J connectivity index is 1.88. The molecule has 0 aromatic heterocycles. The van der Waals surface area contributed by atoms with Gasteiger partial charge < -0.3 is 0 Å². The molecule has 2 atom stereocenters. The molecule has 6 heteroatoms. The molecule has 4 nitrogen and oxygen atoms in total. The fourth-order valence-electron chi connectivity index (χ4n) is 3.69. The number of thioether (sulfide) groups is 2. The summed E-state index contributed by atoms with van der Waals surface area (Å²) in [6.45, 7) is 0. The van der Waals surface area contributed by atoms with Crippen LogP contribution in [0.5, 0.6) is 0 Å². The van der Waals surface area contributed by atoms with Crippen molar-refractivity contribution in [1.29, 1.82) is 21.0 Å². The SMILES string of the molecule is N#CC(=C(C#N)C1(C#N)Cc2ccccc2S1)C1(C#N)Cc2ccccc2S1. The lowest BCUT2D eigenvalue weighted by Crippen LogP contribution is -2.32. The van der Waals surface area contributed by atoms with E-state index in [4.69, 9.17) is 0 Å². The summed E-state index contributed by atoms with van der Waals surface area (Å²) in [5.74, 6) is 0. The topological polar surface area (TPSA) is 95.2 Å². The summed E-state index contributed by atoms with van der Waals surface area (Å²) < 4.78 is -2.38. The lowest BCUT2D eigenvalue weighted by Gasteiger charge is -2.25. The maximum absolute atomic E-state index is 10.1. The number of nitriles is 4. The minimum Gasteiger partial charge on any atom is -0.196 e. The molecule has 2 unspecified atom stereocenters. The standard InChI is InChI=1S/C22H12N4S2/c23-11-17(21(13-25)9-15-5-1-3-7-19(15)27-21)18(12-24)22(14-26)10-16-6-2-4-8-20(16)28-22/h1-8H,9-10H2. The summed E-state index contributed by atoms with van der Waals surface area (Å²) in [5, 5.41) is 40.1. The molecule has 0 N–H and O–H groups in total. The molecule has 2 aliphatic rings. The van der Waals surface area contributed by atoms with Gasteiger partial charge in [0.1, 0.15) is 9.49 Å². The first-order valence-electron chi connectivity index (χ1n) is 8.53. The van der Waals surface area contributed by atoms with Crippen LogP contribution in [-0.4, -0.2) is 9.49 Å². The van der Waals surface area contributed by atoms with Gasteiger partial charge in [0.15, 0.2) is 0 Å². The minimum absolute atomic E-state index is 0.0977. The van der Waals surface area contributed by atoms with Crippen molar-refractivity contribution in [1.82, 2.24) is 0 Å². The van der Waals surface area contributed by atoms with Crippen LogP contribution in [0.4, 0.5) is 0 Å². The molecule has 0 saturated heterocycles. The van der Waals surface area contributed by atoms with Crippen LogP contribution in [0.15, 0.2) is 69.5 Å². The average molecular weight is 397 g/mol. The van der Waals surface area contributed by atoms with Crippen LogP contribution >= 0.6 is 23.5 Å². The zero-order valence-electron chi connectivity index (χ0n) is 14.6. The Morgan fingerprint density at radius 2 is 1.07 bits per heavy atom. The molecule has 0 aliphatic carbocycles. The first-order chi connectivity index (χ1) is 13.6. The van der Waals surface area contributed by atoms with Crippen molar-refractivity contribution >= 4 is 23.5 Å². The number of nitrogens with zero attached hydrogens (tertiary/aromatic N) is 4. The number of hydrogen-bond donors (Lipinski definition) is 0. The zero-order chi connectivity index (χ0) is 19.8. The van der Waals surface area contributed by atoms with Gasteiger partial charge in [-0.1, -0.05) is 59.9 Å². The van der Waals surface area contributed by atoms with E-state index in [0.717, 1.165) is 20.9 Å². The monoisotopic (exact) mass is 396 g/mol. The Bertz CT molecular complexity index is 1040. The van der Waals surface area contributed by atoms with Gasteiger partial charge in [-0.25, -0.2) is 0 Å². The average Bonchev–Trinajstić information content (AvgIpc) is 3.31. The molecule has 2 aromatic carbocycles. The van der Waals surface area contributed by atoms with Crippen molar-refractivity contribution in [2.45, 2.75) is 32.1 Å². The predicted octanol–water partition coefficient (Wildman–Crippen LogP) is 4.55. The number of rotatable bonds is 2. The lowest BCUT2D eigenvalue weighted by atomic mass is 9.83. The van der Waals surface area contributed by atoms with Crippen LogP contribution < -0.4 is 0 Å². The van der Waals surface area contributed by atoms with Gasteiger partial charge in [0.2, 0.25) is 0 Å². The van der Waals surface area contributed by atoms with Crippen molar-refractivity contribution in [3.8, 4) is 24.3 Å². The van der Waals surface area contributed by atoms with E-state index in [1.54, 1.807) is 0 Å². The Morgan fingerprint density at radius 3 is 1.39 bits per heavy atom. The first kappa shape index (κ1) is 18.2. The van der Waals surface area contributed by atoms with Crippen molar-refractivity contribution in [3.63, 3.8) is 0 Å². The number of fused-ring (bicyclic) bond motifs is 2. The van der Waals surface area contributed by atoms with Gasteiger partial charge in [0, 0.05) is 22.6 Å². The third kappa shape index (κ3) is 2.59. The molecule has 0 fully saturated rings. The Labute approximate surface area is 171 Å². The second-order valence-corrected chi connectivity index (χ2v) is 9.31. The van der Waals surface area contributed by atoms with E-state index < -0.39 is 9.49 Å². The number of hydrogen-bond acceptors (Lipinski definition) is 6. The van der Waals surface area contributed by atoms with Crippen LogP contribution in [0.1, 0.15) is 11.1 Å². The van der Waals surface area contributed by atoms with Gasteiger partial charge in [-0.2, -0.15) is 21.0 Å². The van der Waals surface area contributed by atoms with Crippen LogP contribution in [0.3, 0.4) is 0 Å². The first-order valence-corrected chi connectivity index (χ1v) is 10.2. The second kappa shape index (κ2) is 6.78. The Kier molecular flexibility index (Phi) is 4.41. The molecule has 132 valence electrons. The third-order valence-electron chi connectivity index (χ3n) is 5.03. The van der Waals surface area contributed by atoms with E-state index in [-0.39, 0.29) is 11.1 Å². The molecular formula is C22H12N4S2. The highest BCUT2D eigenvalue weighted by molar-refractivity contribution is 8.02. The van der Waals surface area contributed by atoms with Crippen LogP contribution in [0, 0.1) is 45.3 Å². The van der Waals surface area contributed by atoms with Gasteiger partial charge in [-0.15, -0.1) is 0 Å². The minimum atomic E-state index is -1.19. The predicted molar refractivity (Wildman–Crippen MR) is 107 cm³/mol. The number of benzene rings is 2. The maximum Gasteiger partial charge on any atom is 0.147 e. The summed E-state index contributed by atoms with van der Waals surface area (Å²) in [6.07, 6.45) is 0.690. The van der Waals surface area contributed by atoms with Crippen molar-refractivity contribution in [3.05, 3.63) is 70.8 Å². The zero-order valence-corrected chi connectivity index (χ0v) is 16.3. The smallest absolute Gasteiger partial charge is 0.147 e. The summed E-state index contributed by atoms with van der Waals surface area (Å²) in [4.78, 5) is 1.87. The molecule has 4 rings (SSSR count). The molecule has 28 heavy (non-hydrogen) atoms. The Hall–Kier alpha value is -3.16. The van der Waals surface area contributed by atoms with Crippen molar-refractivity contribution < 1.29 is 0 Å². The summed E-state index contributed by atoms with van der Waals surface area (Å²) >= 11 is 2.60. The van der Waals surface area contributed by atoms with Crippen molar-refractivity contribution in [2.24, 2.45) is 0 Å². The van der Waals surface area contributed by atoms with Gasteiger partial charge in [0.25, 0.3) is 0 Å². The van der Waals surface area contributed by atoms with Crippen LogP contribution in [-0.2, 0) is 12.8 Å². The van der Waals surface area contributed by atoms with Gasteiger partial charge >= 0.3 is 0 Å². The molecule has 2 aromatic rings. The van der Waals surface area contributed by atoms with Gasteiger partial charge in [-0.05, 0) is 23.3 Å². The fraction of sp³-hybridized carbons (Fsp3) is 0.182. The van der Waals surface area contributed by atoms with E-state index >= 15 is 0 Å². The largest absolute Gasteiger partial charge is 0.196 e. The normalized spacial score (nSPS) is 25.3. The third-order valence-corrected chi connectivity index (χ3v) is 7.85. The quantitative estimate of drug-likeness (QED) is 0.691. The highest BCUT2D eigenvalue weighted by atomic mass is 32.2. The highest BCUT2D eigenvalue weighted by Crippen LogP contribution is 2.54. The molecule has 0 radical (unpaired) electrons. The lowest BCUT2D eigenvalue weighted by molar-refractivity contribution is 0.804.